The van der Waals surface area contributed by atoms with Gasteiger partial charge in [0.05, 0.1) is 10.6 Å². The van der Waals surface area contributed by atoms with E-state index in [0.717, 1.165) is 22.3 Å². The van der Waals surface area contributed by atoms with Crippen LogP contribution in [0.2, 0.25) is 0 Å². The summed E-state index contributed by atoms with van der Waals surface area (Å²) in [6.07, 6.45) is 0.853. The number of aryl methyl sites for hydroxylation is 2. The number of nitrogens with one attached hydrogen (secondary N) is 1. The molecule has 1 atom stereocenters. The van der Waals surface area contributed by atoms with Crippen LogP contribution in [0.3, 0.4) is 0 Å². The Morgan fingerprint density at radius 3 is 2.00 bits per heavy atom. The molecule has 236 valence electrons. The molecular formula is C37H43N3O4S. The second-order valence-corrected chi connectivity index (χ2v) is 13.5. The van der Waals surface area contributed by atoms with Crippen LogP contribution in [-0.2, 0) is 39.0 Å². The van der Waals surface area contributed by atoms with E-state index in [1.807, 2.05) is 94.4 Å². The average molecular weight is 626 g/mol. The van der Waals surface area contributed by atoms with Gasteiger partial charge in [-0.2, -0.15) is 0 Å². The normalized spacial score (nSPS) is 12.0. The minimum atomic E-state index is -4.13. The van der Waals surface area contributed by atoms with Gasteiger partial charge in [-0.25, -0.2) is 8.42 Å². The molecule has 0 spiro atoms. The number of anilines is 1. The zero-order valence-electron chi connectivity index (χ0n) is 26.5. The monoisotopic (exact) mass is 625 g/mol. The van der Waals surface area contributed by atoms with E-state index in [9.17, 15) is 18.0 Å². The SMILES string of the molecule is CCc1ccccc1N(CC(=O)N(Cc1ccc(C)cc1)[C@H](Cc1ccccc1)C(=O)NCC(C)C)S(=O)(=O)c1ccccc1. The van der Waals surface area contributed by atoms with E-state index in [4.69, 9.17) is 0 Å². The predicted molar refractivity (Wildman–Crippen MR) is 180 cm³/mol. The van der Waals surface area contributed by atoms with Crippen LogP contribution < -0.4 is 9.62 Å². The smallest absolute Gasteiger partial charge is 0.264 e. The third-order valence-electron chi connectivity index (χ3n) is 7.68. The van der Waals surface area contributed by atoms with Crippen molar-refractivity contribution in [3.8, 4) is 0 Å². The van der Waals surface area contributed by atoms with E-state index in [1.54, 1.807) is 30.3 Å². The maximum absolute atomic E-state index is 14.6. The van der Waals surface area contributed by atoms with Gasteiger partial charge in [0, 0.05) is 19.5 Å². The lowest BCUT2D eigenvalue weighted by Gasteiger charge is -2.34. The predicted octanol–water partition coefficient (Wildman–Crippen LogP) is 6.17. The maximum Gasteiger partial charge on any atom is 0.264 e. The van der Waals surface area contributed by atoms with E-state index in [-0.39, 0.29) is 29.7 Å². The quantitative estimate of drug-likeness (QED) is 0.182. The zero-order chi connectivity index (χ0) is 32.4. The standard InChI is InChI=1S/C37H43N3O4S/c1-5-32-16-12-13-19-34(32)40(45(43,44)33-17-10-7-11-18-33)27-36(41)39(26-31-22-20-29(4)21-23-31)35(37(42)38-25-28(2)3)24-30-14-8-6-9-15-30/h6-23,28,35H,5,24-27H2,1-4H3,(H,38,42)/t35-/m1/s1. The average Bonchev–Trinajstić information content (AvgIpc) is 3.05. The molecule has 45 heavy (non-hydrogen) atoms. The van der Waals surface area contributed by atoms with Crippen molar-refractivity contribution in [2.45, 2.75) is 58.0 Å². The Labute approximate surface area is 268 Å². The van der Waals surface area contributed by atoms with Crippen molar-refractivity contribution in [3.63, 3.8) is 0 Å². The molecule has 0 bridgehead atoms. The molecule has 0 aliphatic heterocycles. The summed E-state index contributed by atoms with van der Waals surface area (Å²) >= 11 is 0. The maximum atomic E-state index is 14.6. The molecule has 0 heterocycles. The summed E-state index contributed by atoms with van der Waals surface area (Å²) in [5, 5.41) is 3.03. The fraction of sp³-hybridized carbons (Fsp3) is 0.297. The lowest BCUT2D eigenvalue weighted by Crippen LogP contribution is -2.53. The Bertz CT molecular complexity index is 1660. The van der Waals surface area contributed by atoms with E-state index >= 15 is 0 Å². The summed E-state index contributed by atoms with van der Waals surface area (Å²) < 4.78 is 29.6. The molecule has 4 aromatic carbocycles. The minimum absolute atomic E-state index is 0.0873. The zero-order valence-corrected chi connectivity index (χ0v) is 27.3. The fourth-order valence-electron chi connectivity index (χ4n) is 5.15. The highest BCUT2D eigenvalue weighted by Gasteiger charge is 2.35. The number of carbonyl (C=O) groups excluding carboxylic acids is 2. The van der Waals surface area contributed by atoms with Gasteiger partial charge in [-0.3, -0.25) is 13.9 Å². The van der Waals surface area contributed by atoms with E-state index < -0.39 is 28.5 Å². The van der Waals surface area contributed by atoms with Gasteiger partial charge >= 0.3 is 0 Å². The molecule has 0 unspecified atom stereocenters. The molecule has 0 fully saturated rings. The first-order valence-corrected chi connectivity index (χ1v) is 16.9. The second-order valence-electron chi connectivity index (χ2n) is 11.7. The van der Waals surface area contributed by atoms with E-state index in [0.29, 0.717) is 18.7 Å². The first-order valence-electron chi connectivity index (χ1n) is 15.4. The lowest BCUT2D eigenvalue weighted by atomic mass is 10.0. The third kappa shape index (κ3) is 8.82. The van der Waals surface area contributed by atoms with Gasteiger partial charge in [0.1, 0.15) is 12.6 Å². The molecule has 4 aromatic rings. The number of amides is 2. The number of nitrogens with zero attached hydrogens (tertiary/aromatic N) is 2. The second kappa shape index (κ2) is 15.5. The van der Waals surface area contributed by atoms with Crippen molar-refractivity contribution in [3.05, 3.63) is 131 Å². The Kier molecular flexibility index (Phi) is 11.5. The van der Waals surface area contributed by atoms with Crippen molar-refractivity contribution in [1.82, 2.24) is 10.2 Å². The van der Waals surface area contributed by atoms with Gasteiger partial charge in [0.2, 0.25) is 11.8 Å². The molecule has 0 aliphatic carbocycles. The number of rotatable bonds is 14. The number of carbonyl (C=O) groups is 2. The van der Waals surface area contributed by atoms with Crippen molar-refractivity contribution in [2.24, 2.45) is 5.92 Å². The molecule has 7 nitrogen and oxygen atoms in total. The molecule has 0 saturated carbocycles. The summed E-state index contributed by atoms with van der Waals surface area (Å²) in [7, 11) is -4.13. The molecule has 0 radical (unpaired) electrons. The van der Waals surface area contributed by atoms with Gasteiger partial charge < -0.3 is 10.2 Å². The molecule has 4 rings (SSSR count). The van der Waals surface area contributed by atoms with Crippen LogP contribution in [-0.4, -0.2) is 44.3 Å². The number of sulfonamides is 1. The summed E-state index contributed by atoms with van der Waals surface area (Å²) in [6, 6.07) is 31.9. The van der Waals surface area contributed by atoms with Crippen molar-refractivity contribution in [2.75, 3.05) is 17.4 Å². The van der Waals surface area contributed by atoms with Gasteiger partial charge in [-0.05, 0) is 54.2 Å². The highest BCUT2D eigenvalue weighted by molar-refractivity contribution is 7.92. The van der Waals surface area contributed by atoms with Crippen LogP contribution in [0.15, 0.2) is 114 Å². The van der Waals surface area contributed by atoms with Crippen molar-refractivity contribution in [1.29, 1.82) is 0 Å². The summed E-state index contributed by atoms with van der Waals surface area (Å²) in [6.45, 7) is 8.09. The molecule has 8 heteroatoms. The van der Waals surface area contributed by atoms with Gasteiger partial charge in [0.15, 0.2) is 0 Å². The van der Waals surface area contributed by atoms with Crippen LogP contribution in [0.5, 0.6) is 0 Å². The highest BCUT2D eigenvalue weighted by Crippen LogP contribution is 2.28. The van der Waals surface area contributed by atoms with Crippen molar-refractivity contribution >= 4 is 27.5 Å². The minimum Gasteiger partial charge on any atom is -0.354 e. The Morgan fingerprint density at radius 1 is 0.778 bits per heavy atom. The topological polar surface area (TPSA) is 86.8 Å². The van der Waals surface area contributed by atoms with Crippen LogP contribution in [0.4, 0.5) is 5.69 Å². The highest BCUT2D eigenvalue weighted by atomic mass is 32.2. The molecule has 1 N–H and O–H groups in total. The van der Waals surface area contributed by atoms with Crippen LogP contribution >= 0.6 is 0 Å². The Morgan fingerprint density at radius 2 is 1.38 bits per heavy atom. The van der Waals surface area contributed by atoms with E-state index in [1.165, 1.54) is 21.3 Å². The first-order chi connectivity index (χ1) is 21.6. The number of para-hydroxylation sites is 1. The first kappa shape index (κ1) is 33.5. The molecule has 0 aliphatic rings. The van der Waals surface area contributed by atoms with Crippen LogP contribution in [0.1, 0.15) is 43.0 Å². The summed E-state index contributed by atoms with van der Waals surface area (Å²) in [4.78, 5) is 30.1. The van der Waals surface area contributed by atoms with Gasteiger partial charge in [-0.1, -0.05) is 117 Å². The summed E-state index contributed by atoms with van der Waals surface area (Å²) in [5.41, 5.74) is 4.05. The molecule has 2 amide bonds. The largest absolute Gasteiger partial charge is 0.354 e. The van der Waals surface area contributed by atoms with E-state index in [2.05, 4.69) is 5.32 Å². The Hall–Kier alpha value is -4.43. The van der Waals surface area contributed by atoms with Gasteiger partial charge in [0.25, 0.3) is 10.0 Å². The Balaban J connectivity index is 1.81. The number of hydrogen-bond donors (Lipinski definition) is 1. The number of hydrogen-bond acceptors (Lipinski definition) is 4. The molecule has 0 saturated heterocycles. The number of benzene rings is 4. The summed E-state index contributed by atoms with van der Waals surface area (Å²) in [5.74, 6) is -0.536. The lowest BCUT2D eigenvalue weighted by molar-refractivity contribution is -0.140. The molecular weight excluding hydrogens is 582 g/mol. The molecule has 0 aromatic heterocycles. The van der Waals surface area contributed by atoms with Gasteiger partial charge in [-0.15, -0.1) is 0 Å². The third-order valence-corrected chi connectivity index (χ3v) is 9.45. The van der Waals surface area contributed by atoms with Crippen molar-refractivity contribution < 1.29 is 18.0 Å². The van der Waals surface area contributed by atoms with Crippen LogP contribution in [0.25, 0.3) is 0 Å². The van der Waals surface area contributed by atoms with Crippen LogP contribution in [0, 0.1) is 12.8 Å². The fourth-order valence-corrected chi connectivity index (χ4v) is 6.63.